The summed E-state index contributed by atoms with van der Waals surface area (Å²) in [4.78, 5) is 16.6. The van der Waals surface area contributed by atoms with Gasteiger partial charge in [0.2, 0.25) is 10.0 Å². The summed E-state index contributed by atoms with van der Waals surface area (Å²) in [6.07, 6.45) is 7.13. The average Bonchev–Trinajstić information content (AvgIpc) is 3.18. The number of hydrogen-bond donors (Lipinski definition) is 1. The zero-order chi connectivity index (χ0) is 20.1. The van der Waals surface area contributed by atoms with Gasteiger partial charge < -0.3 is 9.88 Å². The number of imidazole rings is 1. The third-order valence-electron chi connectivity index (χ3n) is 5.01. The van der Waals surface area contributed by atoms with Crippen LogP contribution in [0.4, 0.5) is 0 Å². The van der Waals surface area contributed by atoms with Crippen LogP contribution in [0.2, 0.25) is 0 Å². The van der Waals surface area contributed by atoms with E-state index in [-0.39, 0.29) is 10.8 Å². The molecule has 1 aromatic heterocycles. The third kappa shape index (κ3) is 4.99. The summed E-state index contributed by atoms with van der Waals surface area (Å²) in [6.45, 7) is 6.47. The second-order valence-corrected chi connectivity index (χ2v) is 9.64. The molecule has 0 spiro atoms. The molecule has 1 fully saturated rings. The molecule has 1 saturated heterocycles. The Kier molecular flexibility index (Phi) is 6.51. The van der Waals surface area contributed by atoms with Gasteiger partial charge in [0.05, 0.1) is 11.2 Å². The molecule has 1 aromatic carbocycles. The number of carbonyl (C=O) groups is 1. The first kappa shape index (κ1) is 20.5. The van der Waals surface area contributed by atoms with Gasteiger partial charge in [0.25, 0.3) is 5.91 Å². The van der Waals surface area contributed by atoms with E-state index in [0.717, 1.165) is 19.4 Å². The lowest BCUT2D eigenvalue weighted by atomic mass is 9.94. The lowest BCUT2D eigenvalue weighted by Crippen LogP contribution is -2.42. The van der Waals surface area contributed by atoms with Crippen LogP contribution in [0.15, 0.2) is 47.9 Å². The van der Waals surface area contributed by atoms with Gasteiger partial charge in [-0.1, -0.05) is 19.9 Å². The van der Waals surface area contributed by atoms with Crippen molar-refractivity contribution in [3.63, 3.8) is 0 Å². The topological polar surface area (TPSA) is 84.3 Å². The zero-order valence-corrected chi connectivity index (χ0v) is 17.2. The van der Waals surface area contributed by atoms with E-state index in [1.807, 2.05) is 10.8 Å². The molecular formula is C20H28N4O3S. The Morgan fingerprint density at radius 3 is 2.68 bits per heavy atom. The number of hydrogen-bond acceptors (Lipinski definition) is 4. The fourth-order valence-corrected chi connectivity index (χ4v) is 5.46. The molecule has 28 heavy (non-hydrogen) atoms. The highest BCUT2D eigenvalue weighted by atomic mass is 32.2. The molecular weight excluding hydrogens is 376 g/mol. The van der Waals surface area contributed by atoms with Gasteiger partial charge in [-0.15, -0.1) is 0 Å². The van der Waals surface area contributed by atoms with Crippen LogP contribution in [0.25, 0.3) is 0 Å². The van der Waals surface area contributed by atoms with Crippen molar-refractivity contribution in [3.05, 3.63) is 48.5 Å². The average molecular weight is 405 g/mol. The summed E-state index contributed by atoms with van der Waals surface area (Å²) >= 11 is 0. The molecule has 0 aliphatic carbocycles. The first-order valence-corrected chi connectivity index (χ1v) is 11.1. The molecule has 2 heterocycles. The number of sulfonamides is 1. The highest BCUT2D eigenvalue weighted by Gasteiger charge is 2.31. The molecule has 1 aliphatic heterocycles. The van der Waals surface area contributed by atoms with E-state index in [2.05, 4.69) is 24.1 Å². The summed E-state index contributed by atoms with van der Waals surface area (Å²) in [5.41, 5.74) is 0.363. The number of benzene rings is 1. The second kappa shape index (κ2) is 8.87. The minimum absolute atomic E-state index is 0.180. The SMILES string of the molecule is CC1CC(C)CN(S(=O)(=O)c2cccc(C(=O)NCCCn3ccnc3)c2)C1. The quantitative estimate of drug-likeness (QED) is 0.718. The van der Waals surface area contributed by atoms with Gasteiger partial charge in [-0.05, 0) is 42.9 Å². The van der Waals surface area contributed by atoms with Gasteiger partial charge in [-0.25, -0.2) is 13.4 Å². The number of amides is 1. The minimum atomic E-state index is -3.60. The van der Waals surface area contributed by atoms with Crippen LogP contribution < -0.4 is 5.32 Å². The first-order chi connectivity index (χ1) is 13.4. The molecule has 8 heteroatoms. The number of nitrogens with one attached hydrogen (secondary N) is 1. The van der Waals surface area contributed by atoms with E-state index in [1.165, 1.54) is 6.07 Å². The molecule has 1 amide bonds. The Bertz CT molecular complexity index is 886. The molecule has 2 unspecified atom stereocenters. The number of aromatic nitrogens is 2. The maximum Gasteiger partial charge on any atom is 0.251 e. The third-order valence-corrected chi connectivity index (χ3v) is 6.83. The molecule has 2 aromatic rings. The smallest absolute Gasteiger partial charge is 0.251 e. The lowest BCUT2D eigenvalue weighted by molar-refractivity contribution is 0.0952. The number of carbonyl (C=O) groups excluding carboxylic acids is 1. The van der Waals surface area contributed by atoms with Crippen molar-refractivity contribution in [1.82, 2.24) is 19.2 Å². The van der Waals surface area contributed by atoms with Crippen molar-refractivity contribution in [2.45, 2.75) is 38.1 Å². The van der Waals surface area contributed by atoms with Crippen molar-refractivity contribution >= 4 is 15.9 Å². The number of nitrogens with zero attached hydrogens (tertiary/aromatic N) is 3. The maximum absolute atomic E-state index is 13.0. The molecule has 3 rings (SSSR count). The molecule has 2 atom stereocenters. The zero-order valence-electron chi connectivity index (χ0n) is 16.4. The maximum atomic E-state index is 13.0. The first-order valence-electron chi connectivity index (χ1n) is 9.70. The fourth-order valence-electron chi connectivity index (χ4n) is 3.73. The molecule has 1 N–H and O–H groups in total. The Balaban J connectivity index is 1.63. The van der Waals surface area contributed by atoms with E-state index in [9.17, 15) is 13.2 Å². The van der Waals surface area contributed by atoms with Gasteiger partial charge in [0.1, 0.15) is 0 Å². The number of rotatable bonds is 7. The lowest BCUT2D eigenvalue weighted by Gasteiger charge is -2.34. The predicted molar refractivity (Wildman–Crippen MR) is 107 cm³/mol. The summed E-state index contributed by atoms with van der Waals surface area (Å²) in [5.74, 6) is 0.407. The summed E-state index contributed by atoms with van der Waals surface area (Å²) < 4.78 is 29.6. The molecule has 7 nitrogen and oxygen atoms in total. The van der Waals surface area contributed by atoms with Gasteiger partial charge >= 0.3 is 0 Å². The molecule has 1 aliphatic rings. The standard InChI is InChI=1S/C20H28N4O3S/c1-16-11-17(2)14-24(13-16)28(26,27)19-6-3-5-18(12-19)20(25)22-7-4-9-23-10-8-21-15-23/h3,5-6,8,10,12,15-17H,4,7,9,11,13-14H2,1-2H3,(H,22,25). The van der Waals surface area contributed by atoms with Crippen LogP contribution in [-0.4, -0.2) is 47.8 Å². The molecule has 0 bridgehead atoms. The van der Waals surface area contributed by atoms with E-state index < -0.39 is 10.0 Å². The Morgan fingerprint density at radius 1 is 1.25 bits per heavy atom. The number of aryl methyl sites for hydroxylation is 1. The van der Waals surface area contributed by atoms with Crippen LogP contribution in [0.1, 0.15) is 37.0 Å². The van der Waals surface area contributed by atoms with E-state index >= 15 is 0 Å². The Hall–Kier alpha value is -2.19. The summed E-state index contributed by atoms with van der Waals surface area (Å²) in [6, 6.07) is 6.31. The van der Waals surface area contributed by atoms with E-state index in [4.69, 9.17) is 0 Å². The largest absolute Gasteiger partial charge is 0.352 e. The van der Waals surface area contributed by atoms with Crippen molar-refractivity contribution in [2.75, 3.05) is 19.6 Å². The Labute approximate surface area is 166 Å². The van der Waals surface area contributed by atoms with Crippen LogP contribution >= 0.6 is 0 Å². The molecule has 152 valence electrons. The Morgan fingerprint density at radius 2 is 2.00 bits per heavy atom. The molecule has 0 radical (unpaired) electrons. The van der Waals surface area contributed by atoms with Gasteiger partial charge in [0.15, 0.2) is 0 Å². The second-order valence-electron chi connectivity index (χ2n) is 7.71. The highest BCUT2D eigenvalue weighted by Crippen LogP contribution is 2.27. The van der Waals surface area contributed by atoms with Crippen LogP contribution in [-0.2, 0) is 16.6 Å². The van der Waals surface area contributed by atoms with Gasteiger partial charge in [-0.3, -0.25) is 4.79 Å². The fraction of sp³-hybridized carbons (Fsp3) is 0.500. The van der Waals surface area contributed by atoms with Crippen molar-refractivity contribution in [2.24, 2.45) is 11.8 Å². The number of piperidine rings is 1. The molecule has 0 saturated carbocycles. The summed E-state index contributed by atoms with van der Waals surface area (Å²) in [7, 11) is -3.60. The van der Waals surface area contributed by atoms with Crippen molar-refractivity contribution in [1.29, 1.82) is 0 Å². The predicted octanol–water partition coefficient (Wildman–Crippen LogP) is 2.37. The van der Waals surface area contributed by atoms with Crippen LogP contribution in [0.3, 0.4) is 0 Å². The van der Waals surface area contributed by atoms with Gasteiger partial charge in [0, 0.05) is 44.1 Å². The van der Waals surface area contributed by atoms with Gasteiger partial charge in [-0.2, -0.15) is 4.31 Å². The van der Waals surface area contributed by atoms with E-state index in [1.54, 1.807) is 35.0 Å². The van der Waals surface area contributed by atoms with Crippen LogP contribution in [0.5, 0.6) is 0 Å². The summed E-state index contributed by atoms with van der Waals surface area (Å²) in [5, 5.41) is 2.85. The van der Waals surface area contributed by atoms with Crippen LogP contribution in [0, 0.1) is 11.8 Å². The van der Waals surface area contributed by atoms with E-state index in [0.29, 0.717) is 37.0 Å². The minimum Gasteiger partial charge on any atom is -0.352 e. The van der Waals surface area contributed by atoms with Crippen molar-refractivity contribution < 1.29 is 13.2 Å². The highest BCUT2D eigenvalue weighted by molar-refractivity contribution is 7.89. The normalized spacial score (nSPS) is 20.8. The van der Waals surface area contributed by atoms with Crippen molar-refractivity contribution in [3.8, 4) is 0 Å². The monoisotopic (exact) mass is 404 g/mol.